The molecule has 0 radical (unpaired) electrons. The fourth-order valence-corrected chi connectivity index (χ4v) is 2.47. The molecule has 1 aromatic rings. The van der Waals surface area contributed by atoms with E-state index in [0.29, 0.717) is 6.04 Å². The second kappa shape index (κ2) is 4.16. The van der Waals surface area contributed by atoms with Gasteiger partial charge in [0.1, 0.15) is 0 Å². The largest absolute Gasteiger partial charge is 0.266 e. The van der Waals surface area contributed by atoms with Crippen molar-refractivity contribution in [3.05, 3.63) is 18.0 Å². The maximum Gasteiger partial charge on any atom is 0.0548 e. The highest BCUT2D eigenvalue weighted by Crippen LogP contribution is 2.32. The third-order valence-electron chi connectivity index (χ3n) is 3.43. The quantitative estimate of drug-likeness (QED) is 0.719. The molecule has 0 bridgehead atoms. The Kier molecular flexibility index (Phi) is 2.90. The fourth-order valence-electron chi connectivity index (χ4n) is 2.47. The molecular formula is C12H20N2. The number of aromatic nitrogens is 2. The lowest BCUT2D eigenvalue weighted by Gasteiger charge is -2.30. The maximum absolute atomic E-state index is 4.46. The molecule has 1 aromatic heterocycles. The van der Waals surface area contributed by atoms with E-state index in [1.807, 2.05) is 6.20 Å². The molecule has 0 saturated carbocycles. The Labute approximate surface area is 86.3 Å². The number of hydrogen-bond donors (Lipinski definition) is 0. The summed E-state index contributed by atoms with van der Waals surface area (Å²) in [6.07, 6.45) is 8.41. The molecule has 78 valence electrons. The van der Waals surface area contributed by atoms with Gasteiger partial charge in [0.25, 0.3) is 0 Å². The van der Waals surface area contributed by atoms with Crippen molar-refractivity contribution in [2.75, 3.05) is 0 Å². The van der Waals surface area contributed by atoms with E-state index >= 15 is 0 Å². The molecule has 0 fully saturated rings. The van der Waals surface area contributed by atoms with Gasteiger partial charge < -0.3 is 0 Å². The molecule has 2 unspecified atom stereocenters. The van der Waals surface area contributed by atoms with Crippen LogP contribution in [0.3, 0.4) is 0 Å². The van der Waals surface area contributed by atoms with Crippen LogP contribution in [0, 0.1) is 5.92 Å². The summed E-state index contributed by atoms with van der Waals surface area (Å²) < 4.78 is 2.27. The van der Waals surface area contributed by atoms with Crippen LogP contribution in [-0.2, 0) is 6.42 Å². The Morgan fingerprint density at radius 3 is 3.21 bits per heavy atom. The highest BCUT2D eigenvalue weighted by Gasteiger charge is 2.25. The minimum absolute atomic E-state index is 0.661. The van der Waals surface area contributed by atoms with Crippen molar-refractivity contribution in [1.82, 2.24) is 9.78 Å². The highest BCUT2D eigenvalue weighted by molar-refractivity contribution is 5.05. The first-order valence-corrected chi connectivity index (χ1v) is 5.85. The van der Waals surface area contributed by atoms with E-state index in [1.165, 1.54) is 37.8 Å². The zero-order valence-electron chi connectivity index (χ0n) is 9.24. The summed E-state index contributed by atoms with van der Waals surface area (Å²) >= 11 is 0. The second-order valence-corrected chi connectivity index (χ2v) is 4.49. The van der Waals surface area contributed by atoms with Crippen LogP contribution < -0.4 is 0 Å². The number of fused-ring (bicyclic) bond motifs is 1. The molecule has 0 amide bonds. The van der Waals surface area contributed by atoms with Crippen LogP contribution in [0.4, 0.5) is 0 Å². The molecule has 2 atom stereocenters. The van der Waals surface area contributed by atoms with Gasteiger partial charge in [0.15, 0.2) is 0 Å². The van der Waals surface area contributed by atoms with Crippen LogP contribution in [0.25, 0.3) is 0 Å². The van der Waals surface area contributed by atoms with E-state index < -0.39 is 0 Å². The summed E-state index contributed by atoms with van der Waals surface area (Å²) in [7, 11) is 0. The first kappa shape index (κ1) is 9.75. The number of unbranched alkanes of at least 4 members (excludes halogenated alkanes) is 1. The van der Waals surface area contributed by atoms with Gasteiger partial charge in [-0.1, -0.05) is 26.7 Å². The number of rotatable bonds is 3. The summed E-state index contributed by atoms with van der Waals surface area (Å²) in [5, 5.41) is 4.46. The van der Waals surface area contributed by atoms with Gasteiger partial charge in [0.2, 0.25) is 0 Å². The molecule has 1 aliphatic heterocycles. The molecule has 0 aromatic carbocycles. The lowest BCUT2D eigenvalue weighted by molar-refractivity contribution is 0.251. The Morgan fingerprint density at radius 2 is 2.43 bits per heavy atom. The van der Waals surface area contributed by atoms with Gasteiger partial charge in [-0.3, -0.25) is 4.68 Å². The summed E-state index contributed by atoms with van der Waals surface area (Å²) in [4.78, 5) is 0. The Hall–Kier alpha value is -0.790. The van der Waals surface area contributed by atoms with Crippen LogP contribution >= 0.6 is 0 Å². The van der Waals surface area contributed by atoms with Crippen LogP contribution in [0.2, 0.25) is 0 Å². The molecule has 14 heavy (non-hydrogen) atoms. The Balaban J connectivity index is 2.14. The fraction of sp³-hybridized carbons (Fsp3) is 0.750. The number of hydrogen-bond acceptors (Lipinski definition) is 1. The monoisotopic (exact) mass is 192 g/mol. The van der Waals surface area contributed by atoms with Crippen LogP contribution in [0.5, 0.6) is 0 Å². The van der Waals surface area contributed by atoms with Crippen molar-refractivity contribution in [3.8, 4) is 0 Å². The van der Waals surface area contributed by atoms with Crippen molar-refractivity contribution < 1.29 is 0 Å². The number of aryl methyl sites for hydroxylation is 1. The van der Waals surface area contributed by atoms with Crippen molar-refractivity contribution in [1.29, 1.82) is 0 Å². The number of nitrogens with zero attached hydrogens (tertiary/aromatic N) is 2. The predicted octanol–water partition coefficient (Wildman–Crippen LogP) is 3.20. The van der Waals surface area contributed by atoms with Crippen LogP contribution in [0.1, 0.15) is 51.3 Å². The first-order valence-electron chi connectivity index (χ1n) is 5.85. The van der Waals surface area contributed by atoms with Gasteiger partial charge in [0, 0.05) is 11.9 Å². The summed E-state index contributed by atoms with van der Waals surface area (Å²) in [6, 6.07) is 2.83. The molecule has 2 heterocycles. The first-order chi connectivity index (χ1) is 6.83. The third kappa shape index (κ3) is 1.70. The standard InChI is InChI=1S/C12H20N2/c1-3-4-5-12-10(2)6-7-11-8-9-13-14(11)12/h8-10,12H,3-7H2,1-2H3. The molecule has 2 nitrogen and oxygen atoms in total. The molecule has 1 aliphatic rings. The molecule has 2 heteroatoms. The van der Waals surface area contributed by atoms with Gasteiger partial charge in [-0.05, 0) is 31.2 Å². The van der Waals surface area contributed by atoms with Gasteiger partial charge >= 0.3 is 0 Å². The predicted molar refractivity (Wildman–Crippen MR) is 58.3 cm³/mol. The maximum atomic E-state index is 4.46. The minimum Gasteiger partial charge on any atom is -0.266 e. The van der Waals surface area contributed by atoms with Gasteiger partial charge in [-0.25, -0.2) is 0 Å². The third-order valence-corrected chi connectivity index (χ3v) is 3.43. The lowest BCUT2D eigenvalue weighted by atomic mass is 9.89. The van der Waals surface area contributed by atoms with E-state index in [-0.39, 0.29) is 0 Å². The SMILES string of the molecule is CCCCC1C(C)CCc2ccnn21. The minimum atomic E-state index is 0.661. The zero-order chi connectivity index (χ0) is 9.97. The molecule has 0 aliphatic carbocycles. The van der Waals surface area contributed by atoms with E-state index in [9.17, 15) is 0 Å². The van der Waals surface area contributed by atoms with Crippen LogP contribution in [-0.4, -0.2) is 9.78 Å². The smallest absolute Gasteiger partial charge is 0.0548 e. The second-order valence-electron chi connectivity index (χ2n) is 4.49. The summed E-state index contributed by atoms with van der Waals surface area (Å²) in [5.74, 6) is 0.800. The average Bonchev–Trinajstić information content (AvgIpc) is 2.64. The van der Waals surface area contributed by atoms with Gasteiger partial charge in [-0.15, -0.1) is 0 Å². The molecule has 0 spiro atoms. The van der Waals surface area contributed by atoms with E-state index in [0.717, 1.165) is 5.92 Å². The van der Waals surface area contributed by atoms with Crippen molar-refractivity contribution in [2.24, 2.45) is 5.92 Å². The van der Waals surface area contributed by atoms with Crippen molar-refractivity contribution in [2.45, 2.75) is 52.0 Å². The lowest BCUT2D eigenvalue weighted by Crippen LogP contribution is -2.25. The van der Waals surface area contributed by atoms with Gasteiger partial charge in [0.05, 0.1) is 6.04 Å². The molecule has 0 N–H and O–H groups in total. The Morgan fingerprint density at radius 1 is 1.57 bits per heavy atom. The average molecular weight is 192 g/mol. The van der Waals surface area contributed by atoms with E-state index in [1.54, 1.807) is 0 Å². The van der Waals surface area contributed by atoms with Crippen molar-refractivity contribution >= 4 is 0 Å². The summed E-state index contributed by atoms with van der Waals surface area (Å²) in [6.45, 7) is 4.63. The van der Waals surface area contributed by atoms with E-state index in [2.05, 4.69) is 29.7 Å². The molecule has 2 rings (SSSR count). The van der Waals surface area contributed by atoms with Crippen LogP contribution in [0.15, 0.2) is 12.3 Å². The van der Waals surface area contributed by atoms with E-state index in [4.69, 9.17) is 0 Å². The topological polar surface area (TPSA) is 17.8 Å². The molecular weight excluding hydrogens is 172 g/mol. The van der Waals surface area contributed by atoms with Crippen molar-refractivity contribution in [3.63, 3.8) is 0 Å². The molecule has 0 saturated heterocycles. The van der Waals surface area contributed by atoms with Gasteiger partial charge in [-0.2, -0.15) is 5.10 Å². The highest BCUT2D eigenvalue weighted by atomic mass is 15.3. The normalized spacial score (nSPS) is 26.1. The Bertz CT molecular complexity index is 290. The zero-order valence-corrected chi connectivity index (χ0v) is 9.24. The summed E-state index contributed by atoms with van der Waals surface area (Å²) in [5.41, 5.74) is 1.43.